The molecule has 0 aliphatic heterocycles. The smallest absolute Gasteiger partial charge is 0.0628 e. The number of thioether (sulfide) groups is 1. The molecule has 1 aliphatic rings. The van der Waals surface area contributed by atoms with Crippen molar-refractivity contribution in [1.82, 2.24) is 5.32 Å². The van der Waals surface area contributed by atoms with Gasteiger partial charge >= 0.3 is 0 Å². The van der Waals surface area contributed by atoms with E-state index in [0.29, 0.717) is 5.41 Å². The predicted octanol–water partition coefficient (Wildman–Crippen LogP) is 2.41. The Morgan fingerprint density at radius 2 is 2.21 bits per heavy atom. The summed E-state index contributed by atoms with van der Waals surface area (Å²) in [5, 5.41) is 12.1. The van der Waals surface area contributed by atoms with E-state index >= 15 is 0 Å². The highest BCUT2D eigenvalue weighted by Crippen LogP contribution is 2.47. The fourth-order valence-electron chi connectivity index (χ4n) is 1.61. The van der Waals surface area contributed by atoms with Crippen LogP contribution in [0, 0.1) is 16.7 Å². The van der Waals surface area contributed by atoms with Crippen LogP contribution in [0.2, 0.25) is 0 Å². The largest absolute Gasteiger partial charge is 0.316 e. The molecule has 0 atom stereocenters. The molecule has 0 radical (unpaired) electrons. The average molecular weight is 212 g/mol. The first-order chi connectivity index (χ1) is 6.83. The molecule has 0 saturated heterocycles. The molecule has 3 heteroatoms. The topological polar surface area (TPSA) is 35.8 Å². The van der Waals surface area contributed by atoms with Crippen molar-refractivity contribution in [1.29, 1.82) is 5.26 Å². The van der Waals surface area contributed by atoms with Crippen molar-refractivity contribution in [2.24, 2.45) is 5.41 Å². The van der Waals surface area contributed by atoms with Gasteiger partial charge < -0.3 is 5.32 Å². The Morgan fingerprint density at radius 1 is 1.43 bits per heavy atom. The SMILES string of the molecule is CSCCCCNCC1(CC#N)CC1. The third-order valence-corrected chi connectivity index (χ3v) is 3.56. The molecule has 1 aliphatic carbocycles. The summed E-state index contributed by atoms with van der Waals surface area (Å²) in [5.74, 6) is 1.27. The average Bonchev–Trinajstić information content (AvgIpc) is 2.93. The molecule has 0 amide bonds. The summed E-state index contributed by atoms with van der Waals surface area (Å²) in [7, 11) is 0. The molecule has 80 valence electrons. The molecule has 1 rings (SSSR count). The monoisotopic (exact) mass is 212 g/mol. The predicted molar refractivity (Wildman–Crippen MR) is 62.4 cm³/mol. The van der Waals surface area contributed by atoms with Crippen molar-refractivity contribution in [2.45, 2.75) is 32.1 Å². The zero-order valence-corrected chi connectivity index (χ0v) is 9.83. The fraction of sp³-hybridized carbons (Fsp3) is 0.909. The molecule has 0 unspecified atom stereocenters. The molecule has 0 aromatic heterocycles. The Balaban J connectivity index is 1.91. The van der Waals surface area contributed by atoms with Gasteiger partial charge in [-0.05, 0) is 49.7 Å². The highest BCUT2D eigenvalue weighted by Gasteiger charge is 2.41. The van der Waals surface area contributed by atoms with Crippen molar-refractivity contribution in [3.8, 4) is 6.07 Å². The molecule has 0 bridgehead atoms. The quantitative estimate of drug-likeness (QED) is 0.628. The third kappa shape index (κ3) is 4.34. The highest BCUT2D eigenvalue weighted by molar-refractivity contribution is 7.98. The second kappa shape index (κ2) is 6.31. The van der Waals surface area contributed by atoms with Crippen LogP contribution in [0.15, 0.2) is 0 Å². The van der Waals surface area contributed by atoms with E-state index in [1.54, 1.807) is 0 Å². The standard InChI is InChI=1S/C11H20N2S/c1-14-9-3-2-8-13-10-11(4-5-11)6-7-12/h13H,2-6,8-10H2,1H3. The van der Waals surface area contributed by atoms with Gasteiger partial charge in [0.15, 0.2) is 0 Å². The summed E-state index contributed by atoms with van der Waals surface area (Å²) in [6.45, 7) is 2.17. The lowest BCUT2D eigenvalue weighted by Crippen LogP contribution is -2.24. The molecule has 0 spiro atoms. The molecule has 1 saturated carbocycles. The van der Waals surface area contributed by atoms with Crippen LogP contribution in [0.3, 0.4) is 0 Å². The summed E-state index contributed by atoms with van der Waals surface area (Å²) >= 11 is 1.91. The van der Waals surface area contributed by atoms with Crippen LogP contribution >= 0.6 is 11.8 Å². The van der Waals surface area contributed by atoms with Crippen LogP contribution in [-0.4, -0.2) is 25.1 Å². The molecule has 0 aromatic rings. The van der Waals surface area contributed by atoms with Crippen LogP contribution in [-0.2, 0) is 0 Å². The van der Waals surface area contributed by atoms with E-state index in [0.717, 1.165) is 19.5 Å². The first-order valence-corrected chi connectivity index (χ1v) is 6.79. The van der Waals surface area contributed by atoms with Crippen molar-refractivity contribution >= 4 is 11.8 Å². The van der Waals surface area contributed by atoms with Crippen molar-refractivity contribution in [2.75, 3.05) is 25.1 Å². The molecule has 1 N–H and O–H groups in total. The minimum atomic E-state index is 0.369. The molecule has 0 heterocycles. The zero-order chi connectivity index (χ0) is 10.3. The maximum Gasteiger partial charge on any atom is 0.0628 e. The normalized spacial score (nSPS) is 17.7. The molecular weight excluding hydrogens is 192 g/mol. The molecule has 2 nitrogen and oxygen atoms in total. The van der Waals surface area contributed by atoms with Gasteiger partial charge in [-0.3, -0.25) is 0 Å². The first kappa shape index (κ1) is 11.9. The van der Waals surface area contributed by atoms with E-state index in [9.17, 15) is 0 Å². The van der Waals surface area contributed by atoms with Crippen LogP contribution < -0.4 is 5.32 Å². The van der Waals surface area contributed by atoms with Gasteiger partial charge in [-0.2, -0.15) is 17.0 Å². The zero-order valence-electron chi connectivity index (χ0n) is 9.01. The first-order valence-electron chi connectivity index (χ1n) is 5.40. The van der Waals surface area contributed by atoms with E-state index in [4.69, 9.17) is 5.26 Å². The Hall–Kier alpha value is -0.200. The van der Waals surface area contributed by atoms with Crippen LogP contribution in [0.1, 0.15) is 32.1 Å². The van der Waals surface area contributed by atoms with Gasteiger partial charge in [0.25, 0.3) is 0 Å². The van der Waals surface area contributed by atoms with Gasteiger partial charge in [0.2, 0.25) is 0 Å². The maximum atomic E-state index is 8.63. The lowest BCUT2D eigenvalue weighted by Gasteiger charge is -2.11. The lowest BCUT2D eigenvalue weighted by atomic mass is 10.0. The summed E-state index contributed by atoms with van der Waals surface area (Å²) in [5.41, 5.74) is 0.369. The van der Waals surface area contributed by atoms with Gasteiger partial charge in [0, 0.05) is 13.0 Å². The lowest BCUT2D eigenvalue weighted by molar-refractivity contribution is 0.463. The maximum absolute atomic E-state index is 8.63. The van der Waals surface area contributed by atoms with E-state index in [1.807, 2.05) is 11.8 Å². The summed E-state index contributed by atoms with van der Waals surface area (Å²) < 4.78 is 0. The number of nitriles is 1. The van der Waals surface area contributed by atoms with Crippen molar-refractivity contribution < 1.29 is 0 Å². The van der Waals surface area contributed by atoms with Crippen molar-refractivity contribution in [3.63, 3.8) is 0 Å². The minimum Gasteiger partial charge on any atom is -0.316 e. The number of rotatable bonds is 8. The molecular formula is C11H20N2S. The molecule has 0 aromatic carbocycles. The Bertz CT molecular complexity index is 194. The van der Waals surface area contributed by atoms with Gasteiger partial charge in [-0.1, -0.05) is 0 Å². The van der Waals surface area contributed by atoms with E-state index in [-0.39, 0.29) is 0 Å². The van der Waals surface area contributed by atoms with E-state index in [1.165, 1.54) is 31.4 Å². The Kier molecular flexibility index (Phi) is 5.36. The Labute approximate surface area is 91.4 Å². The minimum absolute atomic E-state index is 0.369. The van der Waals surface area contributed by atoms with Gasteiger partial charge in [0.05, 0.1) is 6.07 Å². The molecule has 1 fully saturated rings. The highest BCUT2D eigenvalue weighted by atomic mass is 32.2. The number of hydrogen-bond donors (Lipinski definition) is 1. The number of nitrogens with zero attached hydrogens (tertiary/aromatic N) is 1. The number of unbranched alkanes of at least 4 members (excludes halogenated alkanes) is 1. The van der Waals surface area contributed by atoms with Gasteiger partial charge in [0.1, 0.15) is 0 Å². The van der Waals surface area contributed by atoms with Crippen LogP contribution in [0.5, 0.6) is 0 Å². The van der Waals surface area contributed by atoms with Gasteiger partial charge in [-0.15, -0.1) is 0 Å². The Morgan fingerprint density at radius 3 is 2.79 bits per heavy atom. The summed E-state index contributed by atoms with van der Waals surface area (Å²) in [4.78, 5) is 0. The summed E-state index contributed by atoms with van der Waals surface area (Å²) in [6.07, 6.45) is 7.96. The van der Waals surface area contributed by atoms with E-state index < -0.39 is 0 Å². The molecule has 14 heavy (non-hydrogen) atoms. The van der Waals surface area contributed by atoms with E-state index in [2.05, 4.69) is 17.6 Å². The van der Waals surface area contributed by atoms with Crippen LogP contribution in [0.25, 0.3) is 0 Å². The second-order valence-corrected chi connectivity index (χ2v) is 5.20. The van der Waals surface area contributed by atoms with Gasteiger partial charge in [-0.25, -0.2) is 0 Å². The number of nitrogens with one attached hydrogen (secondary N) is 1. The summed E-state index contributed by atoms with van der Waals surface area (Å²) in [6, 6.07) is 2.29. The number of hydrogen-bond acceptors (Lipinski definition) is 3. The second-order valence-electron chi connectivity index (χ2n) is 4.21. The van der Waals surface area contributed by atoms with Crippen molar-refractivity contribution in [3.05, 3.63) is 0 Å². The third-order valence-electron chi connectivity index (χ3n) is 2.86. The van der Waals surface area contributed by atoms with Crippen LogP contribution in [0.4, 0.5) is 0 Å². The fourth-order valence-corrected chi connectivity index (χ4v) is 2.10.